The molecule has 0 fully saturated rings. The van der Waals surface area contributed by atoms with Gasteiger partial charge in [0.05, 0.1) is 18.8 Å². The normalized spacial score (nSPS) is 14.3. The number of carbonyl (C=O) groups excluding carboxylic acids is 2. The zero-order valence-electron chi connectivity index (χ0n) is 15.0. The van der Waals surface area contributed by atoms with Crippen LogP contribution in [0.25, 0.3) is 0 Å². The third-order valence-electron chi connectivity index (χ3n) is 4.02. The van der Waals surface area contributed by atoms with E-state index < -0.39 is 40.5 Å². The Hall–Kier alpha value is -2.60. The van der Waals surface area contributed by atoms with E-state index in [1.54, 1.807) is 27.8 Å². The number of likely N-dealkylation sites (N-methyl/N-ethyl adjacent to an activating group) is 1. The molecule has 2 amide bonds. The molecule has 1 aromatic carbocycles. The molecule has 26 heavy (non-hydrogen) atoms. The number of hydrogen-bond donors (Lipinski definition) is 3. The van der Waals surface area contributed by atoms with Gasteiger partial charge < -0.3 is 15.5 Å². The molecular weight excluding hydrogens is 349 g/mol. The summed E-state index contributed by atoms with van der Waals surface area (Å²) in [7, 11) is 1.56. The van der Waals surface area contributed by atoms with Crippen LogP contribution in [0, 0.1) is 34.7 Å². The summed E-state index contributed by atoms with van der Waals surface area (Å²) in [5, 5.41) is 13.9. The van der Waals surface area contributed by atoms with Gasteiger partial charge in [0.1, 0.15) is 5.54 Å². The first-order chi connectivity index (χ1) is 12.0. The van der Waals surface area contributed by atoms with Gasteiger partial charge in [0, 0.05) is 0 Å². The molecule has 3 N–H and O–H groups in total. The van der Waals surface area contributed by atoms with Crippen LogP contribution in [0.1, 0.15) is 20.8 Å². The van der Waals surface area contributed by atoms with Crippen LogP contribution in [0.3, 0.4) is 0 Å². The summed E-state index contributed by atoms with van der Waals surface area (Å²) < 4.78 is 39.6. The third-order valence-corrected chi connectivity index (χ3v) is 4.02. The number of benzene rings is 1. The molecule has 0 saturated heterocycles. The van der Waals surface area contributed by atoms with Crippen molar-refractivity contribution in [3.63, 3.8) is 0 Å². The highest BCUT2D eigenvalue weighted by Gasteiger charge is 2.31. The average molecular weight is 371 g/mol. The number of anilines is 1. The lowest BCUT2D eigenvalue weighted by Crippen LogP contribution is -3.11. The molecule has 0 radical (unpaired) electrons. The van der Waals surface area contributed by atoms with Crippen molar-refractivity contribution < 1.29 is 27.7 Å². The summed E-state index contributed by atoms with van der Waals surface area (Å²) in [5.74, 6) is -5.73. The molecule has 1 rings (SSSR count). The van der Waals surface area contributed by atoms with Gasteiger partial charge in [-0.3, -0.25) is 9.59 Å². The van der Waals surface area contributed by atoms with Crippen molar-refractivity contribution in [3.05, 3.63) is 29.6 Å². The second-order valence-corrected chi connectivity index (χ2v) is 6.60. The number of hydrogen-bond acceptors (Lipinski definition) is 3. The Labute approximate surface area is 150 Å². The maximum atomic E-state index is 13.5. The molecule has 1 unspecified atom stereocenters. The number of nitrogens with zero attached hydrogens (tertiary/aromatic N) is 1. The monoisotopic (exact) mass is 371 g/mol. The maximum absolute atomic E-state index is 13.5. The second kappa shape index (κ2) is 8.67. The van der Waals surface area contributed by atoms with E-state index in [0.717, 1.165) is 6.07 Å². The summed E-state index contributed by atoms with van der Waals surface area (Å²) in [4.78, 5) is 24.4. The number of quaternary nitrogens is 1. The van der Waals surface area contributed by atoms with Crippen molar-refractivity contribution in [3.8, 4) is 6.07 Å². The molecule has 0 aliphatic heterocycles. The van der Waals surface area contributed by atoms with E-state index in [-0.39, 0.29) is 19.0 Å². The van der Waals surface area contributed by atoms with Gasteiger partial charge in [-0.25, -0.2) is 13.2 Å². The first-order valence-corrected chi connectivity index (χ1v) is 7.97. The highest BCUT2D eigenvalue weighted by Crippen LogP contribution is 2.19. The molecule has 0 heterocycles. The van der Waals surface area contributed by atoms with E-state index in [1.165, 1.54) is 0 Å². The van der Waals surface area contributed by atoms with Crippen LogP contribution >= 0.6 is 0 Å². The summed E-state index contributed by atoms with van der Waals surface area (Å²) in [6.45, 7) is 4.88. The summed E-state index contributed by atoms with van der Waals surface area (Å²) in [6.07, 6.45) is 0. The van der Waals surface area contributed by atoms with Crippen LogP contribution in [0.4, 0.5) is 18.9 Å². The van der Waals surface area contributed by atoms with Gasteiger partial charge in [-0.2, -0.15) is 5.26 Å². The lowest BCUT2D eigenvalue weighted by Gasteiger charge is -2.27. The Bertz CT molecular complexity index is 733. The van der Waals surface area contributed by atoms with Gasteiger partial charge in [-0.05, 0) is 25.0 Å². The largest absolute Gasteiger partial charge is 0.333 e. The molecule has 0 aliphatic carbocycles. The topological polar surface area (TPSA) is 86.4 Å². The van der Waals surface area contributed by atoms with Gasteiger partial charge in [-0.1, -0.05) is 13.8 Å². The van der Waals surface area contributed by atoms with Crippen LogP contribution in [-0.2, 0) is 9.59 Å². The molecule has 0 saturated carbocycles. The van der Waals surface area contributed by atoms with E-state index in [2.05, 4.69) is 10.6 Å². The van der Waals surface area contributed by atoms with E-state index >= 15 is 0 Å². The number of halogens is 3. The first-order valence-electron chi connectivity index (χ1n) is 7.97. The quantitative estimate of drug-likeness (QED) is 0.614. The van der Waals surface area contributed by atoms with E-state index in [9.17, 15) is 28.0 Å². The molecule has 6 nitrogen and oxygen atoms in total. The Morgan fingerprint density at radius 3 is 2.31 bits per heavy atom. The predicted molar refractivity (Wildman–Crippen MR) is 88.6 cm³/mol. The molecule has 0 spiro atoms. The number of nitriles is 1. The number of rotatable bonds is 7. The smallest absolute Gasteiger partial charge is 0.279 e. The second-order valence-electron chi connectivity index (χ2n) is 6.60. The van der Waals surface area contributed by atoms with Gasteiger partial charge in [0.25, 0.3) is 11.8 Å². The van der Waals surface area contributed by atoms with Crippen LogP contribution in [0.15, 0.2) is 12.1 Å². The van der Waals surface area contributed by atoms with Crippen LogP contribution in [0.5, 0.6) is 0 Å². The molecule has 0 bridgehead atoms. The highest BCUT2D eigenvalue weighted by molar-refractivity contribution is 5.91. The Morgan fingerprint density at radius 2 is 1.77 bits per heavy atom. The van der Waals surface area contributed by atoms with Crippen molar-refractivity contribution >= 4 is 17.5 Å². The molecule has 142 valence electrons. The van der Waals surface area contributed by atoms with Gasteiger partial charge >= 0.3 is 0 Å². The van der Waals surface area contributed by atoms with Gasteiger partial charge in [0.15, 0.2) is 30.5 Å². The minimum Gasteiger partial charge on any atom is -0.333 e. The van der Waals surface area contributed by atoms with Crippen molar-refractivity contribution in [2.75, 3.05) is 25.5 Å². The third kappa shape index (κ3) is 5.46. The zero-order valence-corrected chi connectivity index (χ0v) is 15.0. The van der Waals surface area contributed by atoms with Gasteiger partial charge in [-0.15, -0.1) is 0 Å². The lowest BCUT2D eigenvalue weighted by atomic mass is 9.90. The Kier molecular flexibility index (Phi) is 7.15. The number of carbonyl (C=O) groups is 2. The number of nitrogens with one attached hydrogen (secondary N) is 3. The molecular formula is C17H22F3N4O2+. The van der Waals surface area contributed by atoms with Gasteiger partial charge in [0.2, 0.25) is 0 Å². The molecule has 2 atom stereocenters. The van der Waals surface area contributed by atoms with E-state index in [1.807, 2.05) is 6.07 Å². The fourth-order valence-electron chi connectivity index (χ4n) is 2.06. The number of amides is 2. The van der Waals surface area contributed by atoms with Crippen LogP contribution in [0.2, 0.25) is 0 Å². The van der Waals surface area contributed by atoms with Crippen molar-refractivity contribution in [1.82, 2.24) is 5.32 Å². The van der Waals surface area contributed by atoms with Crippen LogP contribution in [-0.4, -0.2) is 37.5 Å². The fraction of sp³-hybridized carbons (Fsp3) is 0.471. The van der Waals surface area contributed by atoms with Crippen molar-refractivity contribution in [2.24, 2.45) is 5.92 Å². The summed E-state index contributed by atoms with van der Waals surface area (Å²) in [5.41, 5.74) is -1.52. The lowest BCUT2D eigenvalue weighted by molar-refractivity contribution is -0.862. The molecule has 0 aromatic heterocycles. The zero-order chi connectivity index (χ0) is 20.1. The minimum atomic E-state index is -1.67. The Morgan fingerprint density at radius 1 is 1.19 bits per heavy atom. The van der Waals surface area contributed by atoms with Crippen molar-refractivity contribution in [1.29, 1.82) is 5.26 Å². The summed E-state index contributed by atoms with van der Waals surface area (Å²) in [6, 6.07) is 3.66. The molecule has 1 aromatic rings. The predicted octanol–water partition coefficient (Wildman–Crippen LogP) is 0.612. The van der Waals surface area contributed by atoms with E-state index in [4.69, 9.17) is 0 Å². The molecule has 9 heteroatoms. The van der Waals surface area contributed by atoms with Crippen LogP contribution < -0.4 is 15.5 Å². The van der Waals surface area contributed by atoms with E-state index in [0.29, 0.717) is 11.0 Å². The fourth-order valence-corrected chi connectivity index (χ4v) is 2.06. The Balaban J connectivity index is 2.62. The van der Waals surface area contributed by atoms with Crippen molar-refractivity contribution in [2.45, 2.75) is 26.3 Å². The standard InChI is InChI=1S/C17H21F3N4O2/c1-10(2)17(3,9-21)23-14(26)8-24(4)7-13(25)22-12-6-5-11(18)15(19)16(12)20/h5-6,10H,7-8H2,1-4H3,(H,22,25)(H,23,26)/p+1/t17-/m1/s1. The minimum absolute atomic E-state index is 0.0995. The first kappa shape index (κ1) is 21.4. The SMILES string of the molecule is CC(C)[C@@](C)(C#N)NC(=O)C[NH+](C)CC(=O)Nc1ccc(F)c(F)c1F. The average Bonchev–Trinajstić information content (AvgIpc) is 2.54. The molecule has 0 aliphatic rings. The summed E-state index contributed by atoms with van der Waals surface area (Å²) >= 11 is 0. The highest BCUT2D eigenvalue weighted by atomic mass is 19.2. The maximum Gasteiger partial charge on any atom is 0.279 e.